The number of hydrogen-bond donors (Lipinski definition) is 2. The van der Waals surface area contributed by atoms with Crippen molar-refractivity contribution in [1.82, 2.24) is 0 Å². The van der Waals surface area contributed by atoms with E-state index in [0.29, 0.717) is 6.42 Å². The van der Waals surface area contributed by atoms with Crippen molar-refractivity contribution >= 4 is 28.8 Å². The standard InChI is InChI=1S/C5H12BO2PS/c1-6(8-2)4(10)3-5(4,7)9/h7,10H,3,9H2,1-2H3. The van der Waals surface area contributed by atoms with Gasteiger partial charge in [0.05, 0.1) is 9.99 Å². The highest BCUT2D eigenvalue weighted by Gasteiger charge is 2.66. The van der Waals surface area contributed by atoms with Crippen LogP contribution in [-0.2, 0) is 4.65 Å². The fourth-order valence-corrected chi connectivity index (χ4v) is 2.13. The van der Waals surface area contributed by atoms with Crippen LogP contribution < -0.4 is 0 Å². The Morgan fingerprint density at radius 1 is 1.80 bits per heavy atom. The smallest absolute Gasteiger partial charge is 0.309 e. The first kappa shape index (κ1) is 8.86. The zero-order valence-corrected chi connectivity index (χ0v) is 8.21. The van der Waals surface area contributed by atoms with Gasteiger partial charge in [-0.25, -0.2) is 0 Å². The molecule has 3 atom stereocenters. The molecule has 0 aromatic rings. The fourth-order valence-electron chi connectivity index (χ4n) is 1.06. The van der Waals surface area contributed by atoms with Crippen LogP contribution in [0.15, 0.2) is 0 Å². The van der Waals surface area contributed by atoms with Gasteiger partial charge in [0.15, 0.2) is 0 Å². The molecule has 10 heavy (non-hydrogen) atoms. The second kappa shape index (κ2) is 2.38. The van der Waals surface area contributed by atoms with Gasteiger partial charge >= 0.3 is 6.92 Å². The Kier molecular flexibility index (Phi) is 2.11. The fraction of sp³-hybridized carbons (Fsp3) is 1.00. The van der Waals surface area contributed by atoms with Crippen LogP contribution in [0.2, 0.25) is 6.82 Å². The van der Waals surface area contributed by atoms with Crippen LogP contribution in [0, 0.1) is 0 Å². The van der Waals surface area contributed by atoms with Crippen molar-refractivity contribution in [2.75, 3.05) is 7.11 Å². The van der Waals surface area contributed by atoms with Crippen LogP contribution in [-0.4, -0.2) is 29.1 Å². The van der Waals surface area contributed by atoms with Crippen molar-refractivity contribution in [2.45, 2.75) is 23.2 Å². The molecule has 1 fully saturated rings. The molecular weight excluding hydrogens is 166 g/mol. The van der Waals surface area contributed by atoms with E-state index < -0.39 is 5.34 Å². The highest BCUT2D eigenvalue weighted by Crippen LogP contribution is 2.58. The minimum atomic E-state index is -0.717. The van der Waals surface area contributed by atoms with Gasteiger partial charge in [0.2, 0.25) is 0 Å². The lowest BCUT2D eigenvalue weighted by Crippen LogP contribution is -2.33. The zero-order chi connectivity index (χ0) is 7.99. The summed E-state index contributed by atoms with van der Waals surface area (Å²) in [4.78, 5) is 0. The van der Waals surface area contributed by atoms with Gasteiger partial charge in [0.25, 0.3) is 0 Å². The molecule has 0 aromatic heterocycles. The topological polar surface area (TPSA) is 29.5 Å². The minimum absolute atomic E-state index is 0.00154. The largest absolute Gasteiger partial charge is 0.437 e. The van der Waals surface area contributed by atoms with Crippen molar-refractivity contribution < 1.29 is 9.76 Å². The SMILES string of the molecule is COB(C)C1(S)CC1(O)P. The summed E-state index contributed by atoms with van der Waals surface area (Å²) in [5.41, 5.74) is 0. The van der Waals surface area contributed by atoms with E-state index in [9.17, 15) is 5.11 Å². The van der Waals surface area contributed by atoms with Gasteiger partial charge in [-0.15, -0.1) is 9.24 Å². The molecule has 0 heterocycles. The van der Waals surface area contributed by atoms with E-state index in [-0.39, 0.29) is 11.6 Å². The summed E-state index contributed by atoms with van der Waals surface area (Å²) >= 11 is 4.33. The number of thiol groups is 1. The first-order valence-corrected chi connectivity index (χ1v) is 4.23. The summed E-state index contributed by atoms with van der Waals surface area (Å²) < 4.78 is 4.71. The Morgan fingerprint density at radius 2 is 2.20 bits per heavy atom. The predicted molar refractivity (Wildman–Crippen MR) is 49.6 cm³/mol. The second-order valence-corrected chi connectivity index (χ2v) is 4.66. The molecule has 0 saturated heterocycles. The van der Waals surface area contributed by atoms with Crippen molar-refractivity contribution in [3.8, 4) is 0 Å². The maximum atomic E-state index is 9.46. The molecule has 1 aliphatic carbocycles. The van der Waals surface area contributed by atoms with Gasteiger partial charge in [-0.2, -0.15) is 12.6 Å². The van der Waals surface area contributed by atoms with Crippen molar-refractivity contribution in [2.24, 2.45) is 0 Å². The van der Waals surface area contributed by atoms with Crippen molar-refractivity contribution in [3.05, 3.63) is 0 Å². The lowest BCUT2D eigenvalue weighted by Gasteiger charge is -2.15. The zero-order valence-electron chi connectivity index (χ0n) is 6.16. The number of hydrogen-bond acceptors (Lipinski definition) is 3. The summed E-state index contributed by atoms with van der Waals surface area (Å²) in [5.74, 6) is 0. The minimum Gasteiger partial charge on any atom is -0.437 e. The molecule has 5 heteroatoms. The average Bonchev–Trinajstić information content (AvgIpc) is 2.32. The van der Waals surface area contributed by atoms with E-state index in [1.807, 2.05) is 6.82 Å². The maximum absolute atomic E-state index is 9.46. The summed E-state index contributed by atoms with van der Waals surface area (Å²) in [6.07, 6.45) is 0.683. The maximum Gasteiger partial charge on any atom is 0.309 e. The monoisotopic (exact) mass is 178 g/mol. The highest BCUT2D eigenvalue weighted by atomic mass is 32.1. The number of rotatable bonds is 2. The Balaban J connectivity index is 2.58. The molecule has 0 aromatic carbocycles. The van der Waals surface area contributed by atoms with Crippen molar-refractivity contribution in [1.29, 1.82) is 0 Å². The van der Waals surface area contributed by atoms with Gasteiger partial charge in [0.1, 0.15) is 0 Å². The molecule has 1 saturated carbocycles. The summed E-state index contributed by atoms with van der Waals surface area (Å²) in [6.45, 7) is 1.91. The van der Waals surface area contributed by atoms with Crippen LogP contribution in [0.4, 0.5) is 0 Å². The quantitative estimate of drug-likeness (QED) is 0.364. The molecule has 1 rings (SSSR count). The first-order chi connectivity index (χ1) is 4.44. The second-order valence-electron chi connectivity index (χ2n) is 2.90. The molecule has 0 aliphatic heterocycles. The van der Waals surface area contributed by atoms with Crippen LogP contribution in [0.25, 0.3) is 0 Å². The third kappa shape index (κ3) is 1.12. The molecule has 2 nitrogen and oxygen atoms in total. The van der Waals surface area contributed by atoms with E-state index in [0.717, 1.165) is 0 Å². The van der Waals surface area contributed by atoms with Gasteiger partial charge < -0.3 is 9.76 Å². The van der Waals surface area contributed by atoms with Gasteiger partial charge in [-0.1, -0.05) is 6.82 Å². The molecule has 0 amide bonds. The Bertz CT molecular complexity index is 155. The molecule has 58 valence electrons. The normalized spacial score (nSPS) is 45.3. The van der Waals surface area contributed by atoms with Gasteiger partial charge in [-0.05, 0) is 6.42 Å². The van der Waals surface area contributed by atoms with Crippen molar-refractivity contribution in [3.63, 3.8) is 0 Å². The molecule has 1 N–H and O–H groups in total. The summed E-state index contributed by atoms with van der Waals surface area (Å²) in [6, 6.07) is 0. The molecule has 0 spiro atoms. The molecule has 0 bridgehead atoms. The lowest BCUT2D eigenvalue weighted by atomic mass is 9.64. The van der Waals surface area contributed by atoms with E-state index in [1.165, 1.54) is 0 Å². The molecule has 1 aliphatic rings. The Morgan fingerprint density at radius 3 is 2.30 bits per heavy atom. The third-order valence-electron chi connectivity index (χ3n) is 2.19. The Hall–Kier alpha value is 0.765. The average molecular weight is 178 g/mol. The summed E-state index contributed by atoms with van der Waals surface area (Å²) in [7, 11) is 4.02. The van der Waals surface area contributed by atoms with Gasteiger partial charge in [0, 0.05) is 7.11 Å². The van der Waals surface area contributed by atoms with E-state index in [1.54, 1.807) is 7.11 Å². The van der Waals surface area contributed by atoms with E-state index in [4.69, 9.17) is 4.65 Å². The Labute approximate surface area is 69.4 Å². The van der Waals surface area contributed by atoms with Gasteiger partial charge in [-0.3, -0.25) is 0 Å². The van der Waals surface area contributed by atoms with Crippen LogP contribution in [0.3, 0.4) is 0 Å². The summed E-state index contributed by atoms with van der Waals surface area (Å²) in [5, 5.41) is 8.74. The van der Waals surface area contributed by atoms with E-state index in [2.05, 4.69) is 21.9 Å². The predicted octanol–water partition coefficient (Wildman–Crippen LogP) is 0.429. The first-order valence-electron chi connectivity index (χ1n) is 3.20. The van der Waals surface area contributed by atoms with E-state index >= 15 is 0 Å². The third-order valence-corrected chi connectivity index (χ3v) is 4.06. The van der Waals surface area contributed by atoms with Crippen LogP contribution >= 0.6 is 21.9 Å². The molecular formula is C5H12BO2PS. The van der Waals surface area contributed by atoms with Crippen LogP contribution in [0.1, 0.15) is 6.42 Å². The highest BCUT2D eigenvalue weighted by molar-refractivity contribution is 7.84. The molecule has 0 radical (unpaired) electrons. The van der Waals surface area contributed by atoms with Crippen LogP contribution in [0.5, 0.6) is 0 Å². The lowest BCUT2D eigenvalue weighted by molar-refractivity contribution is 0.238. The number of aliphatic hydroxyl groups is 1. The molecule has 3 unspecified atom stereocenters.